The molecule has 0 spiro atoms. The number of ketones is 1. The molecule has 0 saturated heterocycles. The minimum absolute atomic E-state index is 0.0470. The summed E-state index contributed by atoms with van der Waals surface area (Å²) >= 11 is 8.16. The number of rotatable bonds is 5. The van der Waals surface area contributed by atoms with Gasteiger partial charge in [-0.1, -0.05) is 12.8 Å². The molecule has 104 valence electrons. The molecular weight excluding hydrogens is 396 g/mol. The molecule has 1 aliphatic carbocycles. The third-order valence-corrected chi connectivity index (χ3v) is 7.24. The van der Waals surface area contributed by atoms with Crippen LogP contribution in [0.2, 0.25) is 0 Å². The highest BCUT2D eigenvalue weighted by Crippen LogP contribution is 2.46. The average molecular weight is 410 g/mol. The summed E-state index contributed by atoms with van der Waals surface area (Å²) < 4.78 is 1.66. The van der Waals surface area contributed by atoms with Crippen LogP contribution in [0.15, 0.2) is 14.3 Å². The molecule has 1 saturated carbocycles. The van der Waals surface area contributed by atoms with E-state index in [0.29, 0.717) is 11.3 Å². The van der Waals surface area contributed by atoms with E-state index in [1.807, 2.05) is 5.38 Å². The van der Waals surface area contributed by atoms with Crippen molar-refractivity contribution < 1.29 is 14.7 Å². The Balaban J connectivity index is 2.16. The maximum Gasteiger partial charge on any atom is 0.303 e. The molecule has 0 atom stereocenters. The smallest absolute Gasteiger partial charge is 0.303 e. The Morgan fingerprint density at radius 3 is 2.37 bits per heavy atom. The monoisotopic (exact) mass is 408 g/mol. The van der Waals surface area contributed by atoms with E-state index in [0.717, 1.165) is 34.6 Å². The summed E-state index contributed by atoms with van der Waals surface area (Å²) in [5, 5.41) is 10.9. The number of carbonyl (C=O) groups excluding carboxylic acids is 1. The third-order valence-electron chi connectivity index (χ3n) is 3.67. The van der Waals surface area contributed by atoms with E-state index >= 15 is 0 Å². The Hall–Kier alpha value is -0.200. The van der Waals surface area contributed by atoms with Crippen LogP contribution in [-0.4, -0.2) is 16.9 Å². The Morgan fingerprint density at radius 1 is 1.26 bits per heavy atom. The Bertz CT molecular complexity index is 504. The number of hydrogen-bond acceptors (Lipinski definition) is 3. The molecule has 1 fully saturated rings. The topological polar surface area (TPSA) is 54.4 Å². The second kappa shape index (κ2) is 6.06. The van der Waals surface area contributed by atoms with Gasteiger partial charge in [0, 0.05) is 16.3 Å². The zero-order chi connectivity index (χ0) is 14.0. The van der Waals surface area contributed by atoms with Gasteiger partial charge in [0.05, 0.1) is 15.8 Å². The van der Waals surface area contributed by atoms with Gasteiger partial charge >= 0.3 is 5.97 Å². The molecule has 0 unspecified atom stereocenters. The predicted molar refractivity (Wildman–Crippen MR) is 81.8 cm³/mol. The molecule has 0 radical (unpaired) electrons. The zero-order valence-electron chi connectivity index (χ0n) is 10.2. The van der Waals surface area contributed by atoms with Gasteiger partial charge in [-0.25, -0.2) is 0 Å². The summed E-state index contributed by atoms with van der Waals surface area (Å²) in [6.45, 7) is 0. The lowest BCUT2D eigenvalue weighted by molar-refractivity contribution is -0.139. The molecule has 1 aromatic rings. The van der Waals surface area contributed by atoms with Crippen LogP contribution in [0.1, 0.15) is 48.2 Å². The van der Waals surface area contributed by atoms with Crippen molar-refractivity contribution in [3.63, 3.8) is 0 Å². The lowest BCUT2D eigenvalue weighted by Gasteiger charge is -2.26. The second-order valence-corrected chi connectivity index (χ2v) is 7.63. The van der Waals surface area contributed by atoms with E-state index in [4.69, 9.17) is 5.11 Å². The lowest BCUT2D eigenvalue weighted by Crippen LogP contribution is -2.24. The average Bonchev–Trinajstić information content (AvgIpc) is 2.87. The molecule has 1 heterocycles. The summed E-state index contributed by atoms with van der Waals surface area (Å²) in [5.74, 6) is -0.758. The van der Waals surface area contributed by atoms with Crippen LogP contribution in [0.25, 0.3) is 0 Å². The molecule has 2 rings (SSSR count). The summed E-state index contributed by atoms with van der Waals surface area (Å²) in [6.07, 6.45) is 4.17. The first kappa shape index (κ1) is 15.2. The van der Waals surface area contributed by atoms with Crippen LogP contribution >= 0.6 is 43.2 Å². The van der Waals surface area contributed by atoms with Gasteiger partial charge < -0.3 is 5.11 Å². The number of Topliss-reactive ketones (excluding diaryl/α,β-unsaturated/α-hetero) is 1. The van der Waals surface area contributed by atoms with E-state index < -0.39 is 5.97 Å². The van der Waals surface area contributed by atoms with Crippen molar-refractivity contribution in [3.05, 3.63) is 19.2 Å². The third kappa shape index (κ3) is 3.47. The molecule has 0 amide bonds. The van der Waals surface area contributed by atoms with E-state index in [9.17, 15) is 9.59 Å². The summed E-state index contributed by atoms with van der Waals surface area (Å²) in [7, 11) is 0. The normalized spacial score (nSPS) is 17.6. The number of carboxylic acid groups (broad SMARTS) is 1. The highest BCUT2D eigenvalue weighted by Gasteiger charge is 2.38. The number of halogens is 2. The Labute approximate surface area is 132 Å². The van der Waals surface area contributed by atoms with Crippen LogP contribution in [0, 0.1) is 5.41 Å². The number of thiophene rings is 1. The second-order valence-electron chi connectivity index (χ2n) is 5.10. The zero-order valence-corrected chi connectivity index (χ0v) is 14.2. The molecular formula is C13H14Br2O3S. The molecule has 1 N–H and O–H groups in total. The van der Waals surface area contributed by atoms with Crippen molar-refractivity contribution in [1.82, 2.24) is 0 Å². The van der Waals surface area contributed by atoms with Gasteiger partial charge in [-0.05, 0) is 50.1 Å². The molecule has 3 nitrogen and oxygen atoms in total. The minimum atomic E-state index is -0.805. The van der Waals surface area contributed by atoms with Crippen molar-refractivity contribution in [2.45, 2.75) is 38.5 Å². The van der Waals surface area contributed by atoms with Gasteiger partial charge in [0.2, 0.25) is 0 Å². The molecule has 1 aromatic heterocycles. The van der Waals surface area contributed by atoms with Crippen LogP contribution in [0.4, 0.5) is 0 Å². The van der Waals surface area contributed by atoms with E-state index in [1.54, 1.807) is 0 Å². The van der Waals surface area contributed by atoms with Gasteiger partial charge in [-0.2, -0.15) is 0 Å². The summed E-state index contributed by atoms with van der Waals surface area (Å²) in [4.78, 5) is 24.1. The quantitative estimate of drug-likeness (QED) is 0.705. The van der Waals surface area contributed by atoms with Gasteiger partial charge in [0.25, 0.3) is 0 Å². The first-order valence-corrected chi connectivity index (χ1v) is 8.58. The molecule has 6 heteroatoms. The van der Waals surface area contributed by atoms with Crippen molar-refractivity contribution in [3.8, 4) is 0 Å². The van der Waals surface area contributed by atoms with Gasteiger partial charge in [-0.15, -0.1) is 11.3 Å². The van der Waals surface area contributed by atoms with E-state index in [1.165, 1.54) is 11.3 Å². The van der Waals surface area contributed by atoms with Gasteiger partial charge in [0.1, 0.15) is 0 Å². The molecule has 19 heavy (non-hydrogen) atoms. The highest BCUT2D eigenvalue weighted by atomic mass is 79.9. The fraction of sp³-hybridized carbons (Fsp3) is 0.538. The maximum atomic E-state index is 12.4. The Morgan fingerprint density at radius 2 is 1.89 bits per heavy atom. The van der Waals surface area contributed by atoms with E-state index in [2.05, 4.69) is 31.9 Å². The van der Waals surface area contributed by atoms with Gasteiger partial charge in [-0.3, -0.25) is 9.59 Å². The number of hydrogen-bond donors (Lipinski definition) is 1. The summed E-state index contributed by atoms with van der Waals surface area (Å²) in [5.41, 5.74) is -0.335. The minimum Gasteiger partial charge on any atom is -0.481 e. The molecule has 0 bridgehead atoms. The molecule has 0 aliphatic heterocycles. The SMILES string of the molecule is O=C(O)CC1(CC(=O)c2scc(Br)c2Br)CCCC1. The van der Waals surface area contributed by atoms with Crippen molar-refractivity contribution >= 4 is 54.9 Å². The summed E-state index contributed by atoms with van der Waals surface area (Å²) in [6, 6.07) is 0. The first-order chi connectivity index (χ1) is 8.93. The van der Waals surface area contributed by atoms with Crippen LogP contribution < -0.4 is 0 Å². The number of carbonyl (C=O) groups is 2. The lowest BCUT2D eigenvalue weighted by atomic mass is 9.78. The fourth-order valence-corrected chi connectivity index (χ4v) is 4.93. The van der Waals surface area contributed by atoms with Crippen molar-refractivity contribution in [1.29, 1.82) is 0 Å². The fourth-order valence-electron chi connectivity index (χ4n) is 2.79. The molecule has 0 aromatic carbocycles. The largest absolute Gasteiger partial charge is 0.481 e. The highest BCUT2D eigenvalue weighted by molar-refractivity contribution is 9.13. The van der Waals surface area contributed by atoms with Crippen LogP contribution in [0.3, 0.4) is 0 Å². The van der Waals surface area contributed by atoms with Gasteiger partial charge in [0.15, 0.2) is 5.78 Å². The molecule has 1 aliphatic rings. The Kier molecular flexibility index (Phi) is 4.84. The predicted octanol–water partition coefficient (Wildman–Crippen LogP) is 4.88. The van der Waals surface area contributed by atoms with Crippen molar-refractivity contribution in [2.75, 3.05) is 0 Å². The number of aliphatic carboxylic acids is 1. The van der Waals surface area contributed by atoms with Crippen molar-refractivity contribution in [2.24, 2.45) is 5.41 Å². The first-order valence-electron chi connectivity index (χ1n) is 6.11. The van der Waals surface area contributed by atoms with E-state index in [-0.39, 0.29) is 17.6 Å². The number of carboxylic acids is 1. The maximum absolute atomic E-state index is 12.4. The standard InChI is InChI=1S/C13H14Br2O3S/c14-8-7-19-12(11(8)15)9(16)5-13(6-10(17)18)3-1-2-4-13/h7H,1-6H2,(H,17,18). The van der Waals surface area contributed by atoms with Crippen LogP contribution in [0.5, 0.6) is 0 Å². The van der Waals surface area contributed by atoms with Crippen LogP contribution in [-0.2, 0) is 4.79 Å².